The van der Waals surface area contributed by atoms with Crippen molar-refractivity contribution in [3.63, 3.8) is 0 Å². The van der Waals surface area contributed by atoms with Crippen LogP contribution >= 0.6 is 0 Å². The minimum atomic E-state index is -3.58. The van der Waals surface area contributed by atoms with Gasteiger partial charge in [-0.3, -0.25) is 13.9 Å². The number of benzene rings is 1. The van der Waals surface area contributed by atoms with E-state index >= 15 is 0 Å². The van der Waals surface area contributed by atoms with Crippen molar-refractivity contribution >= 4 is 27.6 Å². The van der Waals surface area contributed by atoms with Crippen LogP contribution in [0.25, 0.3) is 0 Å². The molecular formula is C18H26N2O5S. The van der Waals surface area contributed by atoms with Crippen LogP contribution in [-0.2, 0) is 24.3 Å². The van der Waals surface area contributed by atoms with Gasteiger partial charge >= 0.3 is 5.97 Å². The molecule has 26 heavy (non-hydrogen) atoms. The van der Waals surface area contributed by atoms with Gasteiger partial charge in [0.25, 0.3) is 0 Å². The summed E-state index contributed by atoms with van der Waals surface area (Å²) in [5.41, 5.74) is 1.47. The molecule has 0 saturated carbocycles. The lowest BCUT2D eigenvalue weighted by molar-refractivity contribution is -0.151. The minimum Gasteiger partial charge on any atom is -0.466 e. The summed E-state index contributed by atoms with van der Waals surface area (Å²) >= 11 is 0. The highest BCUT2D eigenvalue weighted by molar-refractivity contribution is 7.92. The molecule has 1 saturated heterocycles. The molecule has 1 fully saturated rings. The molecule has 0 aliphatic carbocycles. The van der Waals surface area contributed by atoms with Gasteiger partial charge in [-0.1, -0.05) is 17.7 Å². The predicted molar refractivity (Wildman–Crippen MR) is 99.3 cm³/mol. The Morgan fingerprint density at radius 2 is 1.77 bits per heavy atom. The summed E-state index contributed by atoms with van der Waals surface area (Å²) in [4.78, 5) is 26.0. The smallest absolute Gasteiger partial charge is 0.309 e. The number of amides is 1. The van der Waals surface area contributed by atoms with E-state index in [0.29, 0.717) is 38.2 Å². The van der Waals surface area contributed by atoms with Gasteiger partial charge in [-0.25, -0.2) is 8.42 Å². The summed E-state index contributed by atoms with van der Waals surface area (Å²) in [6.07, 6.45) is 2.16. The Labute approximate surface area is 155 Å². The number of carbonyl (C=O) groups is 2. The van der Waals surface area contributed by atoms with E-state index in [1.54, 1.807) is 24.0 Å². The average Bonchev–Trinajstić information content (AvgIpc) is 2.60. The average molecular weight is 382 g/mol. The van der Waals surface area contributed by atoms with Crippen molar-refractivity contribution in [3.8, 4) is 0 Å². The zero-order valence-corrected chi connectivity index (χ0v) is 16.3. The van der Waals surface area contributed by atoms with Crippen LogP contribution in [0.2, 0.25) is 0 Å². The highest BCUT2D eigenvalue weighted by atomic mass is 32.2. The third-order valence-corrected chi connectivity index (χ3v) is 5.61. The number of carbonyl (C=O) groups excluding carboxylic acids is 2. The van der Waals surface area contributed by atoms with Crippen LogP contribution in [0, 0.1) is 12.8 Å². The summed E-state index contributed by atoms with van der Waals surface area (Å²) in [5.74, 6) is -0.683. The highest BCUT2D eigenvalue weighted by Gasteiger charge is 2.30. The van der Waals surface area contributed by atoms with E-state index in [1.165, 1.54) is 0 Å². The minimum absolute atomic E-state index is 0.192. The van der Waals surface area contributed by atoms with Crippen LogP contribution in [0.3, 0.4) is 0 Å². The van der Waals surface area contributed by atoms with Crippen molar-refractivity contribution in [2.75, 3.05) is 36.8 Å². The van der Waals surface area contributed by atoms with E-state index in [1.807, 2.05) is 19.1 Å². The number of anilines is 1. The molecule has 0 aromatic heterocycles. The van der Waals surface area contributed by atoms with E-state index in [-0.39, 0.29) is 24.3 Å². The van der Waals surface area contributed by atoms with E-state index in [9.17, 15) is 18.0 Å². The topological polar surface area (TPSA) is 84.0 Å². The number of rotatable bonds is 6. The lowest BCUT2D eigenvalue weighted by Gasteiger charge is -2.32. The van der Waals surface area contributed by atoms with E-state index < -0.39 is 10.0 Å². The quantitative estimate of drug-likeness (QED) is 0.697. The molecule has 2 rings (SSSR count). The molecule has 1 aliphatic heterocycles. The van der Waals surface area contributed by atoms with Crippen LogP contribution in [-0.4, -0.2) is 57.7 Å². The van der Waals surface area contributed by atoms with Gasteiger partial charge in [0.05, 0.1) is 24.5 Å². The van der Waals surface area contributed by atoms with Gasteiger partial charge in [-0.15, -0.1) is 0 Å². The largest absolute Gasteiger partial charge is 0.466 e. The van der Waals surface area contributed by atoms with Crippen molar-refractivity contribution in [2.24, 2.45) is 5.92 Å². The fourth-order valence-corrected chi connectivity index (χ4v) is 3.81. The molecule has 0 unspecified atom stereocenters. The summed E-state index contributed by atoms with van der Waals surface area (Å²) < 4.78 is 30.4. The van der Waals surface area contributed by atoms with Gasteiger partial charge in [0.2, 0.25) is 15.9 Å². The highest BCUT2D eigenvalue weighted by Crippen LogP contribution is 2.21. The van der Waals surface area contributed by atoms with Crippen LogP contribution < -0.4 is 4.31 Å². The Hall–Kier alpha value is -2.09. The number of ether oxygens (including phenoxy) is 1. The van der Waals surface area contributed by atoms with Crippen LogP contribution in [0.15, 0.2) is 24.3 Å². The first-order chi connectivity index (χ1) is 12.2. The number of aryl methyl sites for hydroxylation is 1. The fraction of sp³-hybridized carbons (Fsp3) is 0.556. The fourth-order valence-electron chi connectivity index (χ4n) is 2.96. The van der Waals surface area contributed by atoms with E-state index in [2.05, 4.69) is 0 Å². The molecule has 0 spiro atoms. The molecule has 1 heterocycles. The Kier molecular flexibility index (Phi) is 6.63. The Bertz CT molecular complexity index is 737. The third-order valence-electron chi connectivity index (χ3n) is 4.47. The zero-order valence-electron chi connectivity index (χ0n) is 15.5. The van der Waals surface area contributed by atoms with Gasteiger partial charge in [-0.2, -0.15) is 0 Å². The second kappa shape index (κ2) is 8.53. The van der Waals surface area contributed by atoms with E-state index in [0.717, 1.165) is 16.1 Å². The van der Waals surface area contributed by atoms with Gasteiger partial charge in [0.15, 0.2) is 0 Å². The number of piperidine rings is 1. The predicted octanol–water partition coefficient (Wildman–Crippen LogP) is 1.56. The lowest BCUT2D eigenvalue weighted by Crippen LogP contribution is -2.46. The maximum Gasteiger partial charge on any atom is 0.309 e. The summed E-state index contributed by atoms with van der Waals surface area (Å²) in [6.45, 7) is 4.63. The number of sulfonamides is 1. The standard InChI is InChI=1S/C18H26N2O5S/c1-4-25-18(22)15-9-11-19(12-10-15)17(21)13-20(26(3,23)24)16-7-5-14(2)6-8-16/h5-8,15H,4,9-13H2,1-3H3. The number of nitrogens with zero attached hydrogens (tertiary/aromatic N) is 2. The van der Waals surface area contributed by atoms with Crippen molar-refractivity contribution < 1.29 is 22.7 Å². The normalized spacial score (nSPS) is 15.6. The van der Waals surface area contributed by atoms with Crippen molar-refractivity contribution in [1.29, 1.82) is 0 Å². The Morgan fingerprint density at radius 3 is 2.27 bits per heavy atom. The van der Waals surface area contributed by atoms with Gasteiger partial charge in [0, 0.05) is 13.1 Å². The maximum absolute atomic E-state index is 12.6. The number of hydrogen-bond acceptors (Lipinski definition) is 5. The van der Waals surface area contributed by atoms with Gasteiger partial charge < -0.3 is 9.64 Å². The van der Waals surface area contributed by atoms with Crippen LogP contribution in [0.5, 0.6) is 0 Å². The molecule has 144 valence electrons. The number of likely N-dealkylation sites (tertiary alicyclic amines) is 1. The van der Waals surface area contributed by atoms with Crippen molar-refractivity contribution in [3.05, 3.63) is 29.8 Å². The third kappa shape index (κ3) is 5.20. The first kappa shape index (κ1) is 20.2. The number of hydrogen-bond donors (Lipinski definition) is 0. The number of esters is 1. The van der Waals surface area contributed by atoms with Crippen LogP contribution in [0.4, 0.5) is 5.69 Å². The molecule has 8 heteroatoms. The van der Waals surface area contributed by atoms with Crippen LogP contribution in [0.1, 0.15) is 25.3 Å². The van der Waals surface area contributed by atoms with Gasteiger partial charge in [0.1, 0.15) is 6.54 Å². The zero-order chi connectivity index (χ0) is 19.3. The molecule has 0 atom stereocenters. The Balaban J connectivity index is 2.02. The first-order valence-electron chi connectivity index (χ1n) is 8.71. The first-order valence-corrected chi connectivity index (χ1v) is 10.6. The summed E-state index contributed by atoms with van der Waals surface area (Å²) in [6, 6.07) is 7.00. The van der Waals surface area contributed by atoms with Gasteiger partial charge in [-0.05, 0) is 38.8 Å². The Morgan fingerprint density at radius 1 is 1.19 bits per heavy atom. The SMILES string of the molecule is CCOC(=O)C1CCN(C(=O)CN(c2ccc(C)cc2)S(C)(=O)=O)CC1. The monoisotopic (exact) mass is 382 g/mol. The molecule has 1 aromatic rings. The molecule has 1 aliphatic rings. The molecule has 0 radical (unpaired) electrons. The molecule has 0 N–H and O–H groups in total. The second-order valence-electron chi connectivity index (χ2n) is 6.51. The van der Waals surface area contributed by atoms with Crippen molar-refractivity contribution in [1.82, 2.24) is 4.90 Å². The second-order valence-corrected chi connectivity index (χ2v) is 8.42. The van der Waals surface area contributed by atoms with Crippen molar-refractivity contribution in [2.45, 2.75) is 26.7 Å². The van der Waals surface area contributed by atoms with E-state index in [4.69, 9.17) is 4.74 Å². The maximum atomic E-state index is 12.6. The molecule has 1 amide bonds. The molecule has 0 bridgehead atoms. The summed E-state index contributed by atoms with van der Waals surface area (Å²) in [5, 5.41) is 0. The lowest BCUT2D eigenvalue weighted by atomic mass is 9.97. The molecular weight excluding hydrogens is 356 g/mol. The molecule has 1 aromatic carbocycles. The summed E-state index contributed by atoms with van der Waals surface area (Å²) in [7, 11) is -3.58. The molecule has 7 nitrogen and oxygen atoms in total.